The van der Waals surface area contributed by atoms with Crippen molar-refractivity contribution in [3.8, 4) is 17.2 Å². The predicted molar refractivity (Wildman–Crippen MR) is 255 cm³/mol. The van der Waals surface area contributed by atoms with Gasteiger partial charge in [0.15, 0.2) is 0 Å². The van der Waals surface area contributed by atoms with Gasteiger partial charge in [-0.1, -0.05) is 102 Å². The average molecular weight is 891 g/mol. The number of thioether (sulfide) groups is 1. The van der Waals surface area contributed by atoms with E-state index in [0.717, 1.165) is 72.4 Å². The molecule has 2 aliphatic carbocycles. The molecule has 2 aromatic carbocycles. The summed E-state index contributed by atoms with van der Waals surface area (Å²) in [6, 6.07) is 13.6. The Hall–Kier alpha value is -3.51. The Morgan fingerprint density at radius 1 is 0.889 bits per heavy atom. The lowest BCUT2D eigenvalue weighted by atomic mass is 9.55. The molecule has 2 aromatic rings. The van der Waals surface area contributed by atoms with E-state index in [4.69, 9.17) is 28.9 Å². The number of benzene rings is 2. The van der Waals surface area contributed by atoms with E-state index in [9.17, 15) is 15.0 Å². The number of carbonyl (C=O) groups excluding carboxylic acids is 1. The molecule has 0 saturated heterocycles. The van der Waals surface area contributed by atoms with E-state index in [1.807, 2.05) is 36.1 Å². The van der Waals surface area contributed by atoms with Gasteiger partial charge in [-0.25, -0.2) is 4.79 Å². The SMILES string of the molecule is C=CCO[C@@]12Oc3ccc(Oc4ccc(SC)cc4)cc3[C@H]3[C@H](CCCCO)[C@@H](CCCCO)C=C(C(=NOCC)C[C@@H]1N(CCC)C(=O)OCCCCCCCCCCCC)[C@H]32. The summed E-state index contributed by atoms with van der Waals surface area (Å²) in [5.74, 6) is 0.543. The Labute approximate surface area is 383 Å². The zero-order chi connectivity index (χ0) is 44.9. The highest BCUT2D eigenvalue weighted by atomic mass is 32.2. The van der Waals surface area contributed by atoms with Crippen LogP contribution >= 0.6 is 11.8 Å². The van der Waals surface area contributed by atoms with Crippen molar-refractivity contribution in [2.45, 2.75) is 159 Å². The lowest BCUT2D eigenvalue weighted by Crippen LogP contribution is -2.70. The number of hydrogen-bond acceptors (Lipinski definition) is 10. The Morgan fingerprint density at radius 2 is 1.57 bits per heavy atom. The third-order valence-corrected chi connectivity index (χ3v) is 13.8. The van der Waals surface area contributed by atoms with E-state index < -0.39 is 11.8 Å². The van der Waals surface area contributed by atoms with E-state index in [2.05, 4.69) is 51.0 Å². The number of allylic oxidation sites excluding steroid dienone is 1. The molecular weight excluding hydrogens is 813 g/mol. The summed E-state index contributed by atoms with van der Waals surface area (Å²) in [6.07, 6.45) is 23.7. The maximum Gasteiger partial charge on any atom is 0.410 e. The van der Waals surface area contributed by atoms with Crippen LogP contribution in [0, 0.1) is 17.8 Å². The summed E-state index contributed by atoms with van der Waals surface area (Å²) in [7, 11) is 0. The third kappa shape index (κ3) is 13.5. The van der Waals surface area contributed by atoms with Crippen LogP contribution < -0.4 is 9.47 Å². The number of unbranched alkanes of at least 4 members (excludes halogenated alkanes) is 11. The molecule has 2 N–H and O–H groups in total. The molecule has 0 aromatic heterocycles. The normalized spacial score (nSPS) is 23.0. The Morgan fingerprint density at radius 3 is 2.22 bits per heavy atom. The molecule has 1 fully saturated rings. The van der Waals surface area contributed by atoms with Gasteiger partial charge in [-0.15, -0.1) is 18.3 Å². The number of oxime groups is 1. The number of aliphatic hydroxyl groups excluding tert-OH is 2. The quantitative estimate of drug-likeness (QED) is 0.0342. The molecule has 350 valence electrons. The fourth-order valence-corrected chi connectivity index (χ4v) is 10.5. The van der Waals surface area contributed by atoms with Crippen molar-refractivity contribution >= 4 is 23.6 Å². The lowest BCUT2D eigenvalue weighted by Gasteiger charge is -2.59. The summed E-state index contributed by atoms with van der Waals surface area (Å²) in [5.41, 5.74) is 2.82. The standard InChI is InChI=1S/C52H78N2O8S/c1-6-10-11-12-13-14-15-16-17-22-35-58-51(57)54(31-7-2)48-38-46(53-60-9-4)44-36-39(23-18-20-32-55)43(24-19-21-33-56)49-45-37-41(61-40-25-28-42(63-5)29-26-40)27-30-47(45)62-52(48,50(44)49)59-34-8-3/h8,25-30,36-37,39,43,48-50,55-56H,3,6-7,9-24,31-35,38H2,1-2,4-5H3/t39-,43+,48-,49+,50+,52+/m0/s1. The fraction of sp³-hybridized carbons (Fsp3) is 0.654. The summed E-state index contributed by atoms with van der Waals surface area (Å²) in [4.78, 5) is 23.4. The molecule has 11 heteroatoms. The smallest absolute Gasteiger partial charge is 0.410 e. The van der Waals surface area contributed by atoms with Gasteiger partial charge in [-0.05, 0) is 112 Å². The molecule has 63 heavy (non-hydrogen) atoms. The van der Waals surface area contributed by atoms with Gasteiger partial charge in [0, 0.05) is 42.6 Å². The second-order valence-electron chi connectivity index (χ2n) is 17.5. The maximum atomic E-state index is 14.5. The highest BCUT2D eigenvalue weighted by Crippen LogP contribution is 2.62. The predicted octanol–water partition coefficient (Wildman–Crippen LogP) is 12.6. The van der Waals surface area contributed by atoms with Crippen molar-refractivity contribution < 1.29 is 38.8 Å². The number of hydrogen-bond donors (Lipinski definition) is 2. The van der Waals surface area contributed by atoms with E-state index in [1.54, 1.807) is 17.8 Å². The molecule has 3 aliphatic rings. The van der Waals surface area contributed by atoms with Crippen molar-refractivity contribution in [1.82, 2.24) is 4.90 Å². The monoisotopic (exact) mass is 891 g/mol. The first kappa shape index (κ1) is 50.5. The van der Waals surface area contributed by atoms with Crippen LogP contribution in [-0.4, -0.2) is 84.6 Å². The van der Waals surface area contributed by atoms with Crippen LogP contribution in [0.15, 0.2) is 76.8 Å². The average Bonchev–Trinajstić information content (AvgIpc) is 3.30. The largest absolute Gasteiger partial charge is 0.459 e. The molecule has 0 bridgehead atoms. The minimum atomic E-state index is -1.32. The zero-order valence-electron chi connectivity index (χ0n) is 38.9. The Balaban J connectivity index is 1.56. The molecule has 1 saturated carbocycles. The Bertz CT molecular complexity index is 1730. The first-order valence-corrected chi connectivity index (χ1v) is 25.6. The zero-order valence-corrected chi connectivity index (χ0v) is 39.7. The van der Waals surface area contributed by atoms with Crippen molar-refractivity contribution in [2.75, 3.05) is 45.8 Å². The minimum Gasteiger partial charge on any atom is -0.459 e. The van der Waals surface area contributed by atoms with Crippen LogP contribution in [0.3, 0.4) is 0 Å². The van der Waals surface area contributed by atoms with Crippen LogP contribution in [0.1, 0.15) is 148 Å². The molecule has 0 unspecified atom stereocenters. The van der Waals surface area contributed by atoms with E-state index in [-0.39, 0.29) is 49.6 Å². The van der Waals surface area contributed by atoms with Gasteiger partial charge in [0.05, 0.1) is 24.8 Å². The lowest BCUT2D eigenvalue weighted by molar-refractivity contribution is -0.255. The summed E-state index contributed by atoms with van der Waals surface area (Å²) in [6.45, 7) is 12.0. The van der Waals surface area contributed by atoms with Crippen molar-refractivity contribution in [1.29, 1.82) is 0 Å². The summed E-state index contributed by atoms with van der Waals surface area (Å²) < 4.78 is 27.1. The van der Waals surface area contributed by atoms with Gasteiger partial charge in [0.2, 0.25) is 5.79 Å². The highest BCUT2D eigenvalue weighted by molar-refractivity contribution is 7.98. The molecule has 0 radical (unpaired) electrons. The molecule has 0 spiro atoms. The van der Waals surface area contributed by atoms with Crippen molar-refractivity contribution in [2.24, 2.45) is 22.9 Å². The van der Waals surface area contributed by atoms with Gasteiger partial charge in [0.1, 0.15) is 29.9 Å². The van der Waals surface area contributed by atoms with Crippen molar-refractivity contribution in [3.63, 3.8) is 0 Å². The molecule has 10 nitrogen and oxygen atoms in total. The number of ether oxygens (including phenoxy) is 4. The Kier molecular flexibility index (Phi) is 21.7. The molecule has 5 rings (SSSR count). The van der Waals surface area contributed by atoms with E-state index in [1.165, 1.54) is 44.9 Å². The molecular formula is C52H78N2O8S. The number of aliphatic hydroxyl groups is 2. The first-order valence-electron chi connectivity index (χ1n) is 24.3. The fourth-order valence-electron chi connectivity index (χ4n) is 10.1. The number of rotatable bonds is 30. The van der Waals surface area contributed by atoms with Gasteiger partial charge in [-0.2, -0.15) is 0 Å². The number of amides is 1. The molecule has 1 amide bonds. The van der Waals surface area contributed by atoms with Crippen molar-refractivity contribution in [3.05, 3.63) is 72.3 Å². The topological polar surface area (TPSA) is 119 Å². The second kappa shape index (κ2) is 27.1. The van der Waals surface area contributed by atoms with Crippen LogP contribution in [0.4, 0.5) is 4.79 Å². The van der Waals surface area contributed by atoms with Crippen LogP contribution in [0.25, 0.3) is 0 Å². The second-order valence-corrected chi connectivity index (χ2v) is 18.3. The minimum absolute atomic E-state index is 0.115. The molecule has 6 atom stereocenters. The molecule has 1 heterocycles. The first-order chi connectivity index (χ1) is 30.9. The molecule has 1 aliphatic heterocycles. The van der Waals surface area contributed by atoms with Crippen LogP contribution in [0.2, 0.25) is 0 Å². The van der Waals surface area contributed by atoms with Gasteiger partial charge >= 0.3 is 6.09 Å². The van der Waals surface area contributed by atoms with Gasteiger partial charge < -0.3 is 34.0 Å². The summed E-state index contributed by atoms with van der Waals surface area (Å²) in [5, 5.41) is 24.7. The van der Waals surface area contributed by atoms with Crippen LogP contribution in [0.5, 0.6) is 17.2 Å². The van der Waals surface area contributed by atoms with Gasteiger partial charge in [0.25, 0.3) is 0 Å². The van der Waals surface area contributed by atoms with E-state index >= 15 is 0 Å². The maximum absolute atomic E-state index is 14.5. The number of fused-ring (bicyclic) bond motifs is 2. The number of carbonyl (C=O) groups is 1. The number of nitrogens with zero attached hydrogens (tertiary/aromatic N) is 2. The summed E-state index contributed by atoms with van der Waals surface area (Å²) >= 11 is 1.69. The van der Waals surface area contributed by atoms with Crippen LogP contribution in [-0.2, 0) is 14.3 Å². The van der Waals surface area contributed by atoms with E-state index in [0.29, 0.717) is 56.9 Å². The van der Waals surface area contributed by atoms with Gasteiger partial charge in [-0.3, -0.25) is 4.90 Å². The third-order valence-electron chi connectivity index (χ3n) is 13.0. The highest BCUT2D eigenvalue weighted by Gasteiger charge is 2.65.